The van der Waals surface area contributed by atoms with E-state index in [1.807, 2.05) is 13.0 Å². The van der Waals surface area contributed by atoms with E-state index in [1.54, 1.807) is 12.3 Å². The molecule has 98 valence electrons. The molecule has 0 N–H and O–H groups in total. The van der Waals surface area contributed by atoms with Crippen LogP contribution in [0.2, 0.25) is 13.1 Å². The fourth-order valence-electron chi connectivity index (χ4n) is 2.70. The Morgan fingerprint density at radius 3 is 2.95 bits per heavy atom. The van der Waals surface area contributed by atoms with E-state index in [2.05, 4.69) is 28.8 Å². The topological polar surface area (TPSA) is 26.5 Å². The van der Waals surface area contributed by atoms with Gasteiger partial charge in [-0.2, -0.15) is 0 Å². The molecule has 0 saturated carbocycles. The van der Waals surface area contributed by atoms with E-state index in [1.165, 1.54) is 17.3 Å². The van der Waals surface area contributed by atoms with Crippen molar-refractivity contribution in [3.8, 4) is 11.6 Å². The Morgan fingerprint density at radius 1 is 1.35 bits per heavy atom. The normalized spacial score (nSPS) is 12.9. The maximum Gasteiger partial charge on any atom is 0.219 e. The first kappa shape index (κ1) is 12.7. The maximum absolute atomic E-state index is 6.98. The summed E-state index contributed by atoms with van der Waals surface area (Å²) < 4.78 is 5.86. The number of pyridine rings is 1. The minimum absolute atomic E-state index is 0.539. The van der Waals surface area contributed by atoms with Crippen molar-refractivity contribution in [2.75, 3.05) is 0 Å². The predicted octanol–water partition coefficient (Wildman–Crippen LogP) is 3.62. The second-order valence-corrected chi connectivity index (χ2v) is 5.33. The molecule has 2 heterocycles. The molecule has 2 aromatic rings. The summed E-state index contributed by atoms with van der Waals surface area (Å²) in [5.41, 5.74) is 4.24. The highest BCUT2D eigenvalue weighted by molar-refractivity contribution is 6.73. The molecular weight excluding hydrogens is 247 g/mol. The van der Waals surface area contributed by atoms with E-state index in [4.69, 9.17) is 11.3 Å². The molecule has 1 aliphatic rings. The number of hydrogen-bond donors (Lipinski definition) is 0. The highest BCUT2D eigenvalue weighted by Crippen LogP contribution is 2.27. The zero-order valence-corrected chi connectivity index (χ0v) is 11.7. The third kappa shape index (κ3) is 2.27. The van der Waals surface area contributed by atoms with E-state index >= 15 is 0 Å². The SMILES string of the molecule is [C-]#[N+]c1cnc(Oc2ccc3c(c2)CCB3C)c(C)c1. The van der Waals surface area contributed by atoms with Crippen molar-refractivity contribution in [2.45, 2.75) is 26.5 Å². The molecule has 0 atom stereocenters. The Labute approximate surface area is 119 Å². The number of nitrogens with zero attached hydrogens (tertiary/aromatic N) is 2. The zero-order chi connectivity index (χ0) is 14.1. The monoisotopic (exact) mass is 262 g/mol. The Bertz CT molecular complexity index is 706. The lowest BCUT2D eigenvalue weighted by Gasteiger charge is -2.10. The Kier molecular flexibility index (Phi) is 3.19. The van der Waals surface area contributed by atoms with Crippen molar-refractivity contribution < 1.29 is 4.74 Å². The first-order valence-electron chi connectivity index (χ1n) is 6.82. The summed E-state index contributed by atoms with van der Waals surface area (Å²) in [5.74, 6) is 1.40. The molecule has 0 aliphatic carbocycles. The summed E-state index contributed by atoms with van der Waals surface area (Å²) in [4.78, 5) is 7.58. The summed E-state index contributed by atoms with van der Waals surface area (Å²) in [6.45, 7) is 11.8. The fourth-order valence-corrected chi connectivity index (χ4v) is 2.70. The molecule has 0 radical (unpaired) electrons. The van der Waals surface area contributed by atoms with Crippen LogP contribution in [-0.2, 0) is 6.42 Å². The molecule has 1 aromatic carbocycles. The van der Waals surface area contributed by atoms with Gasteiger partial charge in [-0.25, -0.2) is 9.83 Å². The van der Waals surface area contributed by atoms with Crippen LogP contribution in [0.5, 0.6) is 11.6 Å². The van der Waals surface area contributed by atoms with Gasteiger partial charge in [-0.05, 0) is 31.5 Å². The first-order valence-corrected chi connectivity index (χ1v) is 6.82. The predicted molar refractivity (Wildman–Crippen MR) is 81.5 cm³/mol. The summed E-state index contributed by atoms with van der Waals surface area (Å²) >= 11 is 0. The summed E-state index contributed by atoms with van der Waals surface area (Å²) in [5, 5.41) is 0. The van der Waals surface area contributed by atoms with Gasteiger partial charge in [0.05, 0.1) is 6.57 Å². The number of aromatic nitrogens is 1. The summed E-state index contributed by atoms with van der Waals surface area (Å²) in [6, 6.07) is 8.07. The molecule has 0 fully saturated rings. The molecule has 1 aliphatic heterocycles. The van der Waals surface area contributed by atoms with Crippen LogP contribution in [0.1, 0.15) is 11.1 Å². The van der Waals surface area contributed by atoms with E-state index < -0.39 is 0 Å². The van der Waals surface area contributed by atoms with Crippen molar-refractivity contribution in [2.24, 2.45) is 0 Å². The number of benzene rings is 1. The standard InChI is InChI=1S/C16H15BN2O/c1-11-8-13(18-3)10-19-16(11)20-14-4-5-15-12(9-14)6-7-17(15)2/h4-5,8-10H,6-7H2,1-2H3. The van der Waals surface area contributed by atoms with Gasteiger partial charge in [-0.1, -0.05) is 30.2 Å². The molecule has 0 unspecified atom stereocenters. The van der Waals surface area contributed by atoms with Crippen LogP contribution in [0, 0.1) is 13.5 Å². The third-order valence-corrected chi connectivity index (χ3v) is 3.85. The lowest BCUT2D eigenvalue weighted by molar-refractivity contribution is 0.459. The van der Waals surface area contributed by atoms with Crippen LogP contribution in [-0.4, -0.2) is 11.7 Å². The van der Waals surface area contributed by atoms with E-state index in [9.17, 15) is 0 Å². The molecule has 0 bridgehead atoms. The smallest absolute Gasteiger partial charge is 0.219 e. The molecule has 4 heteroatoms. The zero-order valence-electron chi connectivity index (χ0n) is 11.7. The van der Waals surface area contributed by atoms with Crippen molar-refractivity contribution in [3.63, 3.8) is 0 Å². The van der Waals surface area contributed by atoms with Crippen LogP contribution in [0.25, 0.3) is 4.85 Å². The van der Waals surface area contributed by atoms with Gasteiger partial charge < -0.3 is 4.74 Å². The van der Waals surface area contributed by atoms with Gasteiger partial charge >= 0.3 is 0 Å². The van der Waals surface area contributed by atoms with Crippen molar-refractivity contribution in [1.82, 2.24) is 4.98 Å². The Hall–Kier alpha value is -2.28. The lowest BCUT2D eigenvalue weighted by Crippen LogP contribution is -2.21. The van der Waals surface area contributed by atoms with Gasteiger partial charge in [0.2, 0.25) is 11.6 Å². The molecule has 1 aromatic heterocycles. The first-order chi connectivity index (χ1) is 9.67. The quantitative estimate of drug-likeness (QED) is 0.610. The summed E-state index contributed by atoms with van der Waals surface area (Å²) in [7, 11) is 0. The number of rotatable bonds is 2. The van der Waals surface area contributed by atoms with E-state index in [-0.39, 0.29) is 0 Å². The van der Waals surface area contributed by atoms with Crippen LogP contribution < -0.4 is 10.2 Å². The average Bonchev–Trinajstić information content (AvgIpc) is 2.82. The average molecular weight is 262 g/mol. The van der Waals surface area contributed by atoms with Gasteiger partial charge in [0.15, 0.2) is 6.71 Å². The van der Waals surface area contributed by atoms with Gasteiger partial charge in [-0.3, -0.25) is 0 Å². The van der Waals surface area contributed by atoms with Gasteiger partial charge in [0.25, 0.3) is 0 Å². The number of ether oxygens (including phenoxy) is 1. The largest absolute Gasteiger partial charge is 0.439 e. The van der Waals surface area contributed by atoms with E-state index in [0.29, 0.717) is 18.3 Å². The van der Waals surface area contributed by atoms with Gasteiger partial charge in [-0.15, -0.1) is 0 Å². The third-order valence-electron chi connectivity index (χ3n) is 3.85. The van der Waals surface area contributed by atoms with Gasteiger partial charge in [0, 0.05) is 11.8 Å². The second kappa shape index (κ2) is 5.01. The lowest BCUT2D eigenvalue weighted by atomic mass is 9.48. The number of fused-ring (bicyclic) bond motifs is 1. The molecule has 0 spiro atoms. The highest BCUT2D eigenvalue weighted by atomic mass is 16.5. The van der Waals surface area contributed by atoms with Crippen molar-refractivity contribution in [1.29, 1.82) is 0 Å². The minimum Gasteiger partial charge on any atom is -0.439 e. The van der Waals surface area contributed by atoms with Crippen molar-refractivity contribution >= 4 is 17.9 Å². The molecule has 20 heavy (non-hydrogen) atoms. The molecule has 3 rings (SSSR count). The highest BCUT2D eigenvalue weighted by Gasteiger charge is 2.21. The Balaban J connectivity index is 1.87. The second-order valence-electron chi connectivity index (χ2n) is 5.33. The van der Waals surface area contributed by atoms with Gasteiger partial charge in [0.1, 0.15) is 5.75 Å². The number of aryl methyl sites for hydroxylation is 2. The fraction of sp³-hybridized carbons (Fsp3) is 0.250. The summed E-state index contributed by atoms with van der Waals surface area (Å²) in [6.07, 6.45) is 3.89. The van der Waals surface area contributed by atoms with E-state index in [0.717, 1.165) is 17.7 Å². The molecule has 0 saturated heterocycles. The molecular formula is C16H15BN2O. The van der Waals surface area contributed by atoms with Crippen LogP contribution in [0.4, 0.5) is 5.69 Å². The Morgan fingerprint density at radius 2 is 2.20 bits per heavy atom. The molecule has 3 nitrogen and oxygen atoms in total. The van der Waals surface area contributed by atoms with Crippen molar-refractivity contribution in [3.05, 3.63) is 53.0 Å². The number of hydrogen-bond acceptors (Lipinski definition) is 2. The van der Waals surface area contributed by atoms with Crippen LogP contribution >= 0.6 is 0 Å². The minimum atomic E-state index is 0.539. The maximum atomic E-state index is 6.98. The van der Waals surface area contributed by atoms with Crippen LogP contribution in [0.3, 0.4) is 0 Å². The molecule has 0 amide bonds. The van der Waals surface area contributed by atoms with Crippen LogP contribution in [0.15, 0.2) is 30.5 Å².